The number of aromatic nitrogens is 4. The van der Waals surface area contributed by atoms with E-state index >= 15 is 0 Å². The zero-order valence-corrected chi connectivity index (χ0v) is 32.2. The minimum atomic E-state index is 0.474. The van der Waals surface area contributed by atoms with Crippen LogP contribution in [0.5, 0.6) is 0 Å². The highest BCUT2D eigenvalue weighted by molar-refractivity contribution is 6.21. The molecule has 0 atom stereocenters. The summed E-state index contributed by atoms with van der Waals surface area (Å²) < 4.78 is 12.6. The van der Waals surface area contributed by atoms with Crippen LogP contribution in [-0.4, -0.2) is 20.4 Å². The molecule has 0 fully saturated rings. The van der Waals surface area contributed by atoms with Crippen LogP contribution in [0.2, 0.25) is 0 Å². The molecule has 0 unspecified atom stereocenters. The number of rotatable bonds is 8. The second-order valence-electron chi connectivity index (χ2n) is 14.6. The molecule has 0 aliphatic rings. The van der Waals surface area contributed by atoms with Gasteiger partial charge in [-0.2, -0.15) is 0 Å². The van der Waals surface area contributed by atoms with Gasteiger partial charge in [-0.05, 0) is 102 Å². The van der Waals surface area contributed by atoms with Crippen molar-refractivity contribution in [3.8, 4) is 90.3 Å². The zero-order valence-electron chi connectivity index (χ0n) is 32.2. The molecule has 6 heteroatoms. The summed E-state index contributed by atoms with van der Waals surface area (Å²) in [4.78, 5) is 0. The maximum Gasteiger partial charge on any atom is 0.248 e. The summed E-state index contributed by atoms with van der Waals surface area (Å²) in [6, 6.07) is 70.9. The predicted molar refractivity (Wildman–Crippen MR) is 241 cm³/mol. The molecule has 2 aromatic heterocycles. The largest absolute Gasteiger partial charge is 0.416 e. The molecule has 0 amide bonds. The highest BCUT2D eigenvalue weighted by Gasteiger charge is 2.20. The van der Waals surface area contributed by atoms with Crippen LogP contribution in [0.15, 0.2) is 215 Å². The molecule has 0 saturated carbocycles. The number of hydrogen-bond acceptors (Lipinski definition) is 6. The Hall–Kier alpha value is -8.22. The number of fused-ring (bicyclic) bond motifs is 2. The average Bonchev–Trinajstić information content (AvgIpc) is 4.03. The summed E-state index contributed by atoms with van der Waals surface area (Å²) in [6.07, 6.45) is 0. The van der Waals surface area contributed by atoms with Gasteiger partial charge in [0.2, 0.25) is 23.6 Å². The van der Waals surface area contributed by atoms with Crippen molar-refractivity contribution in [3.05, 3.63) is 206 Å². The fourth-order valence-corrected chi connectivity index (χ4v) is 8.28. The SMILES string of the molecule is c1ccc(-c2ccccc2-c2nnc(-c3ccc(-c4c5ccccc5c(-c5ccc(-c6nnc(-c7ccccc7-c7ccccc7)o6)cc5)c5ccccc45)cc3)o2)cc1. The van der Waals surface area contributed by atoms with Crippen molar-refractivity contribution in [2.75, 3.05) is 0 Å². The lowest BCUT2D eigenvalue weighted by Gasteiger charge is -2.18. The summed E-state index contributed by atoms with van der Waals surface area (Å²) in [5, 5.41) is 22.5. The first-order chi connectivity index (χ1) is 29.8. The van der Waals surface area contributed by atoms with Crippen LogP contribution in [0.4, 0.5) is 0 Å². The highest BCUT2D eigenvalue weighted by Crippen LogP contribution is 2.44. The van der Waals surface area contributed by atoms with Crippen LogP contribution in [0.3, 0.4) is 0 Å². The molecule has 0 radical (unpaired) electrons. The maximum atomic E-state index is 6.31. The fraction of sp³-hybridized carbons (Fsp3) is 0. The van der Waals surface area contributed by atoms with Crippen molar-refractivity contribution in [1.29, 1.82) is 0 Å². The predicted octanol–water partition coefficient (Wildman–Crippen LogP) is 14.1. The van der Waals surface area contributed by atoms with E-state index in [-0.39, 0.29) is 0 Å². The lowest BCUT2D eigenvalue weighted by molar-refractivity contribution is 0.584. The van der Waals surface area contributed by atoms with Crippen molar-refractivity contribution >= 4 is 21.5 Å². The monoisotopic (exact) mass is 770 g/mol. The lowest BCUT2D eigenvalue weighted by atomic mass is 9.85. The summed E-state index contributed by atoms with van der Waals surface area (Å²) >= 11 is 0. The Bertz CT molecular complexity index is 3020. The molecule has 0 aliphatic carbocycles. The second kappa shape index (κ2) is 14.9. The summed E-state index contributed by atoms with van der Waals surface area (Å²) in [5.41, 5.74) is 12.3. The molecular formula is C54H34N4O2. The molecule has 9 aromatic carbocycles. The minimum Gasteiger partial charge on any atom is -0.416 e. The van der Waals surface area contributed by atoms with Gasteiger partial charge in [0.05, 0.1) is 0 Å². The molecule has 11 rings (SSSR count). The Morgan fingerprint density at radius 1 is 0.217 bits per heavy atom. The van der Waals surface area contributed by atoms with Crippen molar-refractivity contribution in [2.24, 2.45) is 0 Å². The minimum absolute atomic E-state index is 0.474. The van der Waals surface area contributed by atoms with Crippen molar-refractivity contribution in [3.63, 3.8) is 0 Å². The molecule has 0 N–H and O–H groups in total. The highest BCUT2D eigenvalue weighted by atomic mass is 16.4. The fourth-order valence-electron chi connectivity index (χ4n) is 8.28. The molecule has 0 aliphatic heterocycles. The van der Waals surface area contributed by atoms with Gasteiger partial charge in [0, 0.05) is 22.3 Å². The topological polar surface area (TPSA) is 77.8 Å². The van der Waals surface area contributed by atoms with Crippen molar-refractivity contribution in [1.82, 2.24) is 20.4 Å². The van der Waals surface area contributed by atoms with E-state index in [0.29, 0.717) is 23.6 Å². The van der Waals surface area contributed by atoms with Gasteiger partial charge in [0.15, 0.2) is 0 Å². The summed E-state index contributed by atoms with van der Waals surface area (Å²) in [5.74, 6) is 1.92. The second-order valence-corrected chi connectivity index (χ2v) is 14.6. The van der Waals surface area contributed by atoms with E-state index in [9.17, 15) is 0 Å². The third-order valence-corrected chi connectivity index (χ3v) is 11.1. The first kappa shape index (κ1) is 35.0. The molecule has 0 spiro atoms. The van der Waals surface area contributed by atoms with E-state index < -0.39 is 0 Å². The summed E-state index contributed by atoms with van der Waals surface area (Å²) in [7, 11) is 0. The lowest BCUT2D eigenvalue weighted by Crippen LogP contribution is -1.91. The Labute approximate surface area is 346 Å². The number of hydrogen-bond donors (Lipinski definition) is 0. The van der Waals surface area contributed by atoms with E-state index in [1.807, 2.05) is 72.8 Å². The van der Waals surface area contributed by atoms with Gasteiger partial charge in [-0.15, -0.1) is 20.4 Å². The quantitative estimate of drug-likeness (QED) is 0.143. The molecule has 2 heterocycles. The Morgan fingerprint density at radius 3 is 0.867 bits per heavy atom. The Balaban J connectivity index is 0.930. The van der Waals surface area contributed by atoms with Gasteiger partial charge in [0.1, 0.15) is 0 Å². The zero-order chi connectivity index (χ0) is 39.8. The van der Waals surface area contributed by atoms with Gasteiger partial charge in [0.25, 0.3) is 0 Å². The van der Waals surface area contributed by atoms with Crippen molar-refractivity contribution < 1.29 is 8.83 Å². The third kappa shape index (κ3) is 6.24. The smallest absolute Gasteiger partial charge is 0.248 e. The number of nitrogens with zero attached hydrogens (tertiary/aromatic N) is 4. The van der Waals surface area contributed by atoms with E-state index in [1.54, 1.807) is 0 Å². The first-order valence-electron chi connectivity index (χ1n) is 19.9. The van der Waals surface area contributed by atoms with E-state index in [0.717, 1.165) is 55.6 Å². The first-order valence-corrected chi connectivity index (χ1v) is 19.9. The van der Waals surface area contributed by atoms with E-state index in [2.05, 4.69) is 154 Å². The van der Waals surface area contributed by atoms with Gasteiger partial charge >= 0.3 is 0 Å². The molecule has 0 saturated heterocycles. The van der Waals surface area contributed by atoms with Crippen LogP contribution in [0.1, 0.15) is 0 Å². The molecule has 60 heavy (non-hydrogen) atoms. The Kier molecular flexibility index (Phi) is 8.71. The molecule has 282 valence electrons. The molecule has 0 bridgehead atoms. The summed E-state index contributed by atoms with van der Waals surface area (Å²) in [6.45, 7) is 0. The van der Waals surface area contributed by atoms with Gasteiger partial charge in [-0.1, -0.05) is 170 Å². The van der Waals surface area contributed by atoms with Crippen LogP contribution in [-0.2, 0) is 0 Å². The van der Waals surface area contributed by atoms with Gasteiger partial charge < -0.3 is 8.83 Å². The number of benzene rings is 9. The normalized spacial score (nSPS) is 11.3. The van der Waals surface area contributed by atoms with Crippen LogP contribution < -0.4 is 0 Å². The third-order valence-electron chi connectivity index (χ3n) is 11.1. The van der Waals surface area contributed by atoms with Crippen molar-refractivity contribution in [2.45, 2.75) is 0 Å². The molecule has 11 aromatic rings. The average molecular weight is 771 g/mol. The van der Waals surface area contributed by atoms with E-state index in [4.69, 9.17) is 8.83 Å². The Morgan fingerprint density at radius 2 is 0.500 bits per heavy atom. The van der Waals surface area contributed by atoms with Crippen LogP contribution in [0, 0.1) is 0 Å². The molecular weight excluding hydrogens is 737 g/mol. The van der Waals surface area contributed by atoms with Gasteiger partial charge in [-0.25, -0.2) is 0 Å². The van der Waals surface area contributed by atoms with Gasteiger partial charge in [-0.3, -0.25) is 0 Å². The standard InChI is InChI=1S/C54H34N4O2/c1-3-15-35(16-4-1)41-19-7-13-25-47(41)53-57-55-51(59-53)39-31-27-37(28-32-39)49-43-21-9-11-23-45(43)50(46-24-12-10-22-44(46)49)38-29-33-40(34-30-38)52-56-58-54(60-52)48-26-14-8-20-42(48)36-17-5-2-6-18-36/h1-34H. The van der Waals surface area contributed by atoms with Crippen LogP contribution >= 0.6 is 0 Å². The maximum absolute atomic E-state index is 6.31. The van der Waals surface area contributed by atoms with Crippen LogP contribution in [0.25, 0.3) is 112 Å². The molecule has 6 nitrogen and oxygen atoms in total. The van der Waals surface area contributed by atoms with E-state index in [1.165, 1.54) is 32.7 Å².